The van der Waals surface area contributed by atoms with Crippen LogP contribution in [0.15, 0.2) is 18.2 Å². The number of aliphatic carboxylic acids is 1. The zero-order chi connectivity index (χ0) is 17.2. The van der Waals surface area contributed by atoms with Gasteiger partial charge in [0.15, 0.2) is 0 Å². The van der Waals surface area contributed by atoms with E-state index in [9.17, 15) is 4.79 Å². The third-order valence-corrected chi connectivity index (χ3v) is 5.58. The number of hydrogen-bond acceptors (Lipinski definition) is 4. The van der Waals surface area contributed by atoms with E-state index in [1.54, 1.807) is 7.11 Å². The molecule has 1 N–H and O–H groups in total. The van der Waals surface area contributed by atoms with Crippen LogP contribution in [0.25, 0.3) is 0 Å². The minimum atomic E-state index is -0.734. The molecule has 0 aromatic heterocycles. The van der Waals surface area contributed by atoms with Crippen LogP contribution < -0.4 is 9.64 Å². The first kappa shape index (κ1) is 17.4. The highest BCUT2D eigenvalue weighted by molar-refractivity contribution is 6.33. The van der Waals surface area contributed by atoms with Crippen molar-refractivity contribution in [3.05, 3.63) is 23.2 Å². The molecular formula is C18H24ClNO4. The van der Waals surface area contributed by atoms with Crippen molar-refractivity contribution in [2.24, 2.45) is 5.92 Å². The van der Waals surface area contributed by atoms with Crippen molar-refractivity contribution in [2.75, 3.05) is 31.7 Å². The quantitative estimate of drug-likeness (QED) is 0.896. The molecule has 0 radical (unpaired) electrons. The van der Waals surface area contributed by atoms with Gasteiger partial charge in [-0.05, 0) is 43.7 Å². The minimum Gasteiger partial charge on any atom is -0.497 e. The van der Waals surface area contributed by atoms with Crippen LogP contribution in [0, 0.1) is 5.92 Å². The molecule has 1 aromatic carbocycles. The number of hydrogen-bond donors (Lipinski definition) is 1. The summed E-state index contributed by atoms with van der Waals surface area (Å²) in [5, 5.41) is 9.65. The highest BCUT2D eigenvalue weighted by Crippen LogP contribution is 2.40. The van der Waals surface area contributed by atoms with Crippen LogP contribution in [-0.2, 0) is 9.53 Å². The van der Waals surface area contributed by atoms with Gasteiger partial charge in [-0.3, -0.25) is 4.79 Å². The molecule has 2 saturated heterocycles. The van der Waals surface area contributed by atoms with Crippen molar-refractivity contribution in [3.63, 3.8) is 0 Å². The molecule has 1 aromatic rings. The van der Waals surface area contributed by atoms with Crippen molar-refractivity contribution < 1.29 is 19.4 Å². The molecule has 6 heteroatoms. The van der Waals surface area contributed by atoms with Gasteiger partial charge in [0.25, 0.3) is 0 Å². The number of piperidine rings is 1. The summed E-state index contributed by atoms with van der Waals surface area (Å²) in [5.41, 5.74) is 0.919. The van der Waals surface area contributed by atoms with Gasteiger partial charge < -0.3 is 19.5 Å². The second kappa shape index (κ2) is 7.19. The molecule has 3 rings (SSSR count). The van der Waals surface area contributed by atoms with Crippen LogP contribution in [0.3, 0.4) is 0 Å². The molecule has 0 saturated carbocycles. The van der Waals surface area contributed by atoms with Crippen LogP contribution in [-0.4, -0.2) is 43.5 Å². The predicted octanol–water partition coefficient (Wildman–Crippen LogP) is 3.59. The third-order valence-electron chi connectivity index (χ3n) is 5.27. The number of halogens is 1. The maximum atomic E-state index is 10.8. The van der Waals surface area contributed by atoms with Gasteiger partial charge in [0, 0.05) is 19.2 Å². The number of methoxy groups -OCH3 is 1. The first-order valence-corrected chi connectivity index (χ1v) is 8.83. The Bertz CT molecular complexity index is 589. The highest BCUT2D eigenvalue weighted by Gasteiger charge is 2.39. The Morgan fingerprint density at radius 2 is 2.17 bits per heavy atom. The Morgan fingerprint density at radius 1 is 1.42 bits per heavy atom. The van der Waals surface area contributed by atoms with Gasteiger partial charge in [0.2, 0.25) is 0 Å². The summed E-state index contributed by atoms with van der Waals surface area (Å²) in [4.78, 5) is 13.1. The van der Waals surface area contributed by atoms with Crippen molar-refractivity contribution in [1.29, 1.82) is 0 Å². The van der Waals surface area contributed by atoms with Gasteiger partial charge in [-0.15, -0.1) is 0 Å². The lowest BCUT2D eigenvalue weighted by atomic mass is 9.81. The standard InChI is InChI=1S/C18H24ClNO4/c1-23-14-2-3-15(19)16(11-14)20-8-6-18(7-9-20)5-4-13(12-24-18)10-17(21)22/h2-3,11,13H,4-10,12H2,1H3,(H,21,22). The summed E-state index contributed by atoms with van der Waals surface area (Å²) in [6.07, 6.45) is 3.99. The van der Waals surface area contributed by atoms with Gasteiger partial charge in [0.05, 0.1) is 36.4 Å². The van der Waals surface area contributed by atoms with E-state index in [1.165, 1.54) is 0 Å². The number of rotatable bonds is 4. The minimum absolute atomic E-state index is 0.0865. The maximum Gasteiger partial charge on any atom is 0.303 e. The molecule has 2 aliphatic heterocycles. The summed E-state index contributed by atoms with van der Waals surface area (Å²) < 4.78 is 11.4. The van der Waals surface area contributed by atoms with E-state index in [0.717, 1.165) is 55.2 Å². The van der Waals surface area contributed by atoms with E-state index in [0.29, 0.717) is 6.61 Å². The third kappa shape index (κ3) is 3.78. The highest BCUT2D eigenvalue weighted by atomic mass is 35.5. The Hall–Kier alpha value is -1.46. The summed E-state index contributed by atoms with van der Waals surface area (Å²) in [5.74, 6) is 0.223. The van der Waals surface area contributed by atoms with Crippen molar-refractivity contribution in [3.8, 4) is 5.75 Å². The van der Waals surface area contributed by atoms with Gasteiger partial charge in [0.1, 0.15) is 5.75 Å². The fraction of sp³-hybridized carbons (Fsp3) is 0.611. The maximum absolute atomic E-state index is 10.8. The molecule has 2 fully saturated rings. The second-order valence-electron chi connectivity index (χ2n) is 6.80. The van der Waals surface area contributed by atoms with Gasteiger partial charge in [-0.2, -0.15) is 0 Å². The Kier molecular flexibility index (Phi) is 5.21. The average molecular weight is 354 g/mol. The molecule has 5 nitrogen and oxygen atoms in total. The van der Waals surface area contributed by atoms with Crippen molar-refractivity contribution >= 4 is 23.3 Å². The number of carboxylic acid groups (broad SMARTS) is 1. The van der Waals surface area contributed by atoms with E-state index >= 15 is 0 Å². The number of anilines is 1. The zero-order valence-electron chi connectivity index (χ0n) is 14.0. The monoisotopic (exact) mass is 353 g/mol. The zero-order valence-corrected chi connectivity index (χ0v) is 14.7. The van der Waals surface area contributed by atoms with E-state index < -0.39 is 5.97 Å². The smallest absolute Gasteiger partial charge is 0.303 e. The molecule has 1 atom stereocenters. The van der Waals surface area contributed by atoms with Crippen LogP contribution in [0.2, 0.25) is 5.02 Å². The first-order valence-electron chi connectivity index (χ1n) is 8.45. The number of nitrogens with zero attached hydrogens (tertiary/aromatic N) is 1. The van der Waals surface area contributed by atoms with E-state index in [-0.39, 0.29) is 17.9 Å². The van der Waals surface area contributed by atoms with Gasteiger partial charge in [-0.1, -0.05) is 11.6 Å². The summed E-state index contributed by atoms with van der Waals surface area (Å²) >= 11 is 6.35. The molecule has 1 spiro atoms. The molecule has 2 heterocycles. The molecule has 132 valence electrons. The number of benzene rings is 1. The Labute approximate surface area is 147 Å². The lowest BCUT2D eigenvalue weighted by Crippen LogP contribution is -2.49. The topological polar surface area (TPSA) is 59.0 Å². The predicted molar refractivity (Wildman–Crippen MR) is 93.1 cm³/mol. The molecule has 0 bridgehead atoms. The van der Waals surface area contributed by atoms with Crippen molar-refractivity contribution in [1.82, 2.24) is 0 Å². The summed E-state index contributed by atoms with van der Waals surface area (Å²) in [6.45, 7) is 2.33. The number of carboxylic acids is 1. The molecule has 24 heavy (non-hydrogen) atoms. The SMILES string of the molecule is COc1ccc(Cl)c(N2CCC3(CCC(CC(=O)O)CO3)CC2)c1. The van der Waals surface area contributed by atoms with Crippen LogP contribution in [0.4, 0.5) is 5.69 Å². The second-order valence-corrected chi connectivity index (χ2v) is 7.21. The normalized spacial score (nSPS) is 23.2. The van der Waals surface area contributed by atoms with Crippen LogP contribution in [0.1, 0.15) is 32.1 Å². The van der Waals surface area contributed by atoms with Crippen LogP contribution >= 0.6 is 11.6 Å². The molecule has 0 amide bonds. The fourth-order valence-electron chi connectivity index (χ4n) is 3.74. The Morgan fingerprint density at radius 3 is 2.75 bits per heavy atom. The molecule has 0 aliphatic carbocycles. The van der Waals surface area contributed by atoms with E-state index in [2.05, 4.69) is 4.90 Å². The van der Waals surface area contributed by atoms with Crippen LogP contribution in [0.5, 0.6) is 5.75 Å². The van der Waals surface area contributed by atoms with E-state index in [4.69, 9.17) is 26.2 Å². The summed E-state index contributed by atoms with van der Waals surface area (Å²) in [6, 6.07) is 5.71. The first-order chi connectivity index (χ1) is 11.5. The Balaban J connectivity index is 1.59. The largest absolute Gasteiger partial charge is 0.497 e. The molecule has 1 unspecified atom stereocenters. The fourth-order valence-corrected chi connectivity index (χ4v) is 3.97. The van der Waals surface area contributed by atoms with Gasteiger partial charge in [-0.25, -0.2) is 0 Å². The van der Waals surface area contributed by atoms with E-state index in [1.807, 2.05) is 18.2 Å². The number of carbonyl (C=O) groups is 1. The molecular weight excluding hydrogens is 330 g/mol. The van der Waals surface area contributed by atoms with Gasteiger partial charge >= 0.3 is 5.97 Å². The summed E-state index contributed by atoms with van der Waals surface area (Å²) in [7, 11) is 1.65. The lowest BCUT2D eigenvalue weighted by molar-refractivity contribution is -0.145. The molecule has 2 aliphatic rings. The lowest BCUT2D eigenvalue weighted by Gasteiger charge is -2.46. The number of ether oxygens (including phenoxy) is 2. The average Bonchev–Trinajstić information content (AvgIpc) is 2.58. The van der Waals surface area contributed by atoms with Crippen molar-refractivity contribution in [2.45, 2.75) is 37.7 Å².